The van der Waals surface area contributed by atoms with Crippen molar-refractivity contribution in [2.24, 2.45) is 0 Å². The first-order valence-electron chi connectivity index (χ1n) is 6.58. The molecule has 0 saturated heterocycles. The number of sulfonamides is 1. The number of halogens is 1. The molecule has 2 rings (SSSR count). The molecule has 0 fully saturated rings. The molecule has 112 valence electrons. The van der Waals surface area contributed by atoms with Crippen LogP contribution >= 0.6 is 15.9 Å². The van der Waals surface area contributed by atoms with E-state index in [2.05, 4.69) is 20.7 Å². The van der Waals surface area contributed by atoms with E-state index in [0.29, 0.717) is 16.7 Å². The van der Waals surface area contributed by atoms with Gasteiger partial charge in [-0.3, -0.25) is 0 Å². The van der Waals surface area contributed by atoms with Gasteiger partial charge in [-0.05, 0) is 52.5 Å². The molecule has 0 aliphatic rings. The van der Waals surface area contributed by atoms with Crippen LogP contribution < -0.4 is 10.5 Å². The first kappa shape index (κ1) is 16.0. The van der Waals surface area contributed by atoms with Crippen molar-refractivity contribution in [3.63, 3.8) is 0 Å². The monoisotopic (exact) mass is 368 g/mol. The quantitative estimate of drug-likeness (QED) is 0.608. The van der Waals surface area contributed by atoms with E-state index in [-0.39, 0.29) is 4.90 Å². The zero-order valence-electron chi connectivity index (χ0n) is 11.4. The Labute approximate surface area is 133 Å². The zero-order valence-corrected chi connectivity index (χ0v) is 13.8. The molecule has 4 nitrogen and oxygen atoms in total. The highest BCUT2D eigenvalue weighted by Crippen LogP contribution is 2.22. The van der Waals surface area contributed by atoms with Gasteiger partial charge in [0.15, 0.2) is 0 Å². The lowest BCUT2D eigenvalue weighted by Crippen LogP contribution is -2.25. The number of benzene rings is 2. The molecule has 0 aromatic heterocycles. The van der Waals surface area contributed by atoms with Gasteiger partial charge in [-0.25, -0.2) is 13.1 Å². The first-order valence-corrected chi connectivity index (χ1v) is 8.85. The number of anilines is 1. The number of nitrogens with two attached hydrogens (primary N) is 1. The van der Waals surface area contributed by atoms with E-state index in [1.54, 1.807) is 6.07 Å². The molecule has 6 heteroatoms. The van der Waals surface area contributed by atoms with Gasteiger partial charge < -0.3 is 5.73 Å². The van der Waals surface area contributed by atoms with Crippen LogP contribution in [0.25, 0.3) is 0 Å². The Morgan fingerprint density at radius 2 is 1.81 bits per heavy atom. The third-order valence-electron chi connectivity index (χ3n) is 3.05. The summed E-state index contributed by atoms with van der Waals surface area (Å²) in [4.78, 5) is 0.183. The van der Waals surface area contributed by atoms with Gasteiger partial charge >= 0.3 is 0 Å². The Bertz CT molecular complexity index is 703. The maximum Gasteiger partial charge on any atom is 0.240 e. The molecule has 21 heavy (non-hydrogen) atoms. The predicted molar refractivity (Wildman–Crippen MR) is 88.5 cm³/mol. The van der Waals surface area contributed by atoms with E-state index in [4.69, 9.17) is 5.73 Å². The SMILES string of the molecule is Nc1cc(S(=O)(=O)NCCCc2ccccc2)ccc1Br. The fourth-order valence-corrected chi connectivity index (χ4v) is 3.27. The van der Waals surface area contributed by atoms with Gasteiger partial charge in [-0.15, -0.1) is 0 Å². The van der Waals surface area contributed by atoms with E-state index in [1.807, 2.05) is 30.3 Å². The van der Waals surface area contributed by atoms with E-state index >= 15 is 0 Å². The van der Waals surface area contributed by atoms with Crippen LogP contribution in [0.5, 0.6) is 0 Å². The molecule has 0 aliphatic heterocycles. The smallest absolute Gasteiger partial charge is 0.240 e. The topological polar surface area (TPSA) is 72.2 Å². The summed E-state index contributed by atoms with van der Waals surface area (Å²) in [5, 5.41) is 0. The summed E-state index contributed by atoms with van der Waals surface area (Å²) in [6, 6.07) is 14.6. The van der Waals surface area contributed by atoms with Crippen molar-refractivity contribution in [2.45, 2.75) is 17.7 Å². The van der Waals surface area contributed by atoms with Gasteiger partial charge in [0.2, 0.25) is 10.0 Å². The van der Waals surface area contributed by atoms with Gasteiger partial charge in [0.05, 0.1) is 4.90 Å². The molecule has 2 aromatic rings. The summed E-state index contributed by atoms with van der Waals surface area (Å²) in [6.45, 7) is 0.396. The lowest BCUT2D eigenvalue weighted by Gasteiger charge is -2.08. The summed E-state index contributed by atoms with van der Waals surface area (Å²) in [5.41, 5.74) is 7.31. The largest absolute Gasteiger partial charge is 0.398 e. The van der Waals surface area contributed by atoms with Gasteiger partial charge in [0.1, 0.15) is 0 Å². The molecule has 3 N–H and O–H groups in total. The number of nitrogen functional groups attached to an aromatic ring is 1. The number of rotatable bonds is 6. The molecule has 0 aliphatic carbocycles. The third-order valence-corrected chi connectivity index (χ3v) is 5.24. The fraction of sp³-hybridized carbons (Fsp3) is 0.200. The summed E-state index contributed by atoms with van der Waals surface area (Å²) in [5.74, 6) is 0. The minimum Gasteiger partial charge on any atom is -0.398 e. The normalized spacial score (nSPS) is 11.5. The maximum absolute atomic E-state index is 12.1. The Morgan fingerprint density at radius 3 is 2.48 bits per heavy atom. The third kappa shape index (κ3) is 4.56. The Hall–Kier alpha value is -1.37. The summed E-state index contributed by atoms with van der Waals surface area (Å²) in [7, 11) is -3.50. The van der Waals surface area contributed by atoms with Crippen LogP contribution in [0.3, 0.4) is 0 Å². The summed E-state index contributed by atoms with van der Waals surface area (Å²) >= 11 is 3.25. The van der Waals surface area contributed by atoms with Crippen molar-refractivity contribution in [3.8, 4) is 0 Å². The molecular weight excluding hydrogens is 352 g/mol. The Morgan fingerprint density at radius 1 is 1.10 bits per heavy atom. The van der Waals surface area contributed by atoms with Crippen molar-refractivity contribution in [1.29, 1.82) is 0 Å². The van der Waals surface area contributed by atoms with Crippen LogP contribution in [0, 0.1) is 0 Å². The van der Waals surface area contributed by atoms with Crippen molar-refractivity contribution < 1.29 is 8.42 Å². The minimum atomic E-state index is -3.50. The van der Waals surface area contributed by atoms with Crippen LogP contribution in [0.4, 0.5) is 5.69 Å². The second kappa shape index (κ2) is 7.06. The highest BCUT2D eigenvalue weighted by atomic mass is 79.9. The lowest BCUT2D eigenvalue weighted by atomic mass is 10.1. The average Bonchev–Trinajstić information content (AvgIpc) is 2.47. The molecule has 0 bridgehead atoms. The molecule has 2 aromatic carbocycles. The van der Waals surface area contributed by atoms with E-state index < -0.39 is 10.0 Å². The molecule has 0 amide bonds. The highest BCUT2D eigenvalue weighted by Gasteiger charge is 2.14. The second-order valence-electron chi connectivity index (χ2n) is 4.67. The van der Waals surface area contributed by atoms with Gasteiger partial charge in [0, 0.05) is 16.7 Å². The number of nitrogens with one attached hydrogen (secondary N) is 1. The first-order chi connectivity index (χ1) is 9.99. The van der Waals surface area contributed by atoms with Crippen molar-refractivity contribution in [3.05, 3.63) is 58.6 Å². The van der Waals surface area contributed by atoms with Crippen LogP contribution in [0.2, 0.25) is 0 Å². The molecule has 0 radical (unpaired) electrons. The average molecular weight is 369 g/mol. The molecule has 0 saturated carbocycles. The van der Waals surface area contributed by atoms with Crippen molar-refractivity contribution in [1.82, 2.24) is 4.72 Å². The molecule has 0 atom stereocenters. The van der Waals surface area contributed by atoms with E-state index in [1.165, 1.54) is 17.7 Å². The van der Waals surface area contributed by atoms with E-state index in [0.717, 1.165) is 12.8 Å². The second-order valence-corrected chi connectivity index (χ2v) is 7.29. The van der Waals surface area contributed by atoms with Crippen LogP contribution in [-0.4, -0.2) is 15.0 Å². The highest BCUT2D eigenvalue weighted by molar-refractivity contribution is 9.10. The zero-order chi connectivity index (χ0) is 15.3. The Kier molecular flexibility index (Phi) is 5.39. The van der Waals surface area contributed by atoms with Crippen LogP contribution in [-0.2, 0) is 16.4 Å². The van der Waals surface area contributed by atoms with Crippen molar-refractivity contribution >= 4 is 31.6 Å². The molecular formula is C15H17BrN2O2S. The van der Waals surface area contributed by atoms with Gasteiger partial charge in [-0.2, -0.15) is 0 Å². The van der Waals surface area contributed by atoms with E-state index in [9.17, 15) is 8.42 Å². The van der Waals surface area contributed by atoms with Crippen LogP contribution in [0.15, 0.2) is 57.9 Å². The number of hydrogen-bond acceptors (Lipinski definition) is 3. The Balaban J connectivity index is 1.91. The maximum atomic E-state index is 12.1. The lowest BCUT2D eigenvalue weighted by molar-refractivity contribution is 0.579. The summed E-state index contributed by atoms with van der Waals surface area (Å²) < 4.78 is 27.5. The van der Waals surface area contributed by atoms with Gasteiger partial charge in [0.25, 0.3) is 0 Å². The van der Waals surface area contributed by atoms with Crippen molar-refractivity contribution in [2.75, 3.05) is 12.3 Å². The number of hydrogen-bond donors (Lipinski definition) is 2. The van der Waals surface area contributed by atoms with Gasteiger partial charge in [-0.1, -0.05) is 30.3 Å². The predicted octanol–water partition coefficient (Wildman–Crippen LogP) is 2.94. The molecule has 0 heterocycles. The number of aryl methyl sites for hydroxylation is 1. The fourth-order valence-electron chi connectivity index (χ4n) is 1.92. The standard InChI is InChI=1S/C15H17BrN2O2S/c16-14-9-8-13(11-15(14)17)21(19,20)18-10-4-7-12-5-2-1-3-6-12/h1-3,5-6,8-9,11,18H,4,7,10,17H2. The molecule has 0 unspecified atom stereocenters. The summed E-state index contributed by atoms with van der Waals surface area (Å²) in [6.07, 6.45) is 1.58. The minimum absolute atomic E-state index is 0.183. The molecule has 0 spiro atoms. The van der Waals surface area contributed by atoms with Crippen LogP contribution in [0.1, 0.15) is 12.0 Å².